The van der Waals surface area contributed by atoms with Crippen LogP contribution in [-0.2, 0) is 4.79 Å². The number of piperazine rings is 1. The smallest absolute Gasteiger partial charge is 0.262 e. The lowest BCUT2D eigenvalue weighted by atomic mass is 10.0. The molecule has 3 heteroatoms. The molecule has 0 aromatic heterocycles. The first kappa shape index (κ1) is 15.8. The van der Waals surface area contributed by atoms with Gasteiger partial charge in [-0.05, 0) is 26.7 Å². The number of carbonyl (C=O) groups is 1. The van der Waals surface area contributed by atoms with Crippen LogP contribution in [-0.4, -0.2) is 47.4 Å². The molecule has 0 aromatic carbocycles. The molecular formula is C16H26N2O. The molecule has 0 aromatic rings. The Balaban J connectivity index is 2.66. The Morgan fingerprint density at radius 3 is 2.11 bits per heavy atom. The molecule has 1 aliphatic rings. The average Bonchev–Trinajstić information content (AvgIpc) is 2.34. The molecule has 19 heavy (non-hydrogen) atoms. The zero-order valence-electron chi connectivity index (χ0n) is 12.9. The van der Waals surface area contributed by atoms with Crippen LogP contribution in [0.3, 0.4) is 0 Å². The first-order chi connectivity index (χ1) is 8.75. The van der Waals surface area contributed by atoms with Gasteiger partial charge in [-0.25, -0.2) is 0 Å². The predicted molar refractivity (Wildman–Crippen MR) is 79.7 cm³/mol. The molecule has 1 fully saturated rings. The summed E-state index contributed by atoms with van der Waals surface area (Å²) in [6.07, 6.45) is 7.32. The zero-order chi connectivity index (χ0) is 14.6. The number of rotatable bonds is 2. The molecule has 0 N–H and O–H groups in total. The SMILES string of the molecule is C#C/C(=C\C(C)C)C(=O)N1CCN(C(C)(C)C)CC1. The van der Waals surface area contributed by atoms with Crippen molar-refractivity contribution in [1.29, 1.82) is 0 Å². The van der Waals surface area contributed by atoms with Gasteiger partial charge < -0.3 is 4.90 Å². The normalized spacial score (nSPS) is 18.6. The Hall–Kier alpha value is -1.27. The highest BCUT2D eigenvalue weighted by molar-refractivity contribution is 5.97. The zero-order valence-corrected chi connectivity index (χ0v) is 12.9. The maximum absolute atomic E-state index is 12.3. The fourth-order valence-electron chi connectivity index (χ4n) is 2.27. The van der Waals surface area contributed by atoms with Crippen molar-refractivity contribution < 1.29 is 4.79 Å². The van der Waals surface area contributed by atoms with Crippen LogP contribution in [0.4, 0.5) is 0 Å². The largest absolute Gasteiger partial charge is 0.336 e. The summed E-state index contributed by atoms with van der Waals surface area (Å²) in [6.45, 7) is 14.0. The first-order valence-corrected chi connectivity index (χ1v) is 6.98. The molecule has 0 spiro atoms. The van der Waals surface area contributed by atoms with E-state index in [1.165, 1.54) is 0 Å². The lowest BCUT2D eigenvalue weighted by Crippen LogP contribution is -2.54. The number of allylic oxidation sites excluding steroid dienone is 1. The van der Waals surface area contributed by atoms with E-state index in [-0.39, 0.29) is 11.4 Å². The van der Waals surface area contributed by atoms with E-state index < -0.39 is 0 Å². The van der Waals surface area contributed by atoms with Crippen molar-refractivity contribution in [2.75, 3.05) is 26.2 Å². The lowest BCUT2D eigenvalue weighted by Gasteiger charge is -2.42. The summed E-state index contributed by atoms with van der Waals surface area (Å²) in [4.78, 5) is 16.6. The Morgan fingerprint density at radius 2 is 1.74 bits per heavy atom. The van der Waals surface area contributed by atoms with Gasteiger partial charge in [0.1, 0.15) is 0 Å². The van der Waals surface area contributed by atoms with Crippen LogP contribution in [0.25, 0.3) is 0 Å². The summed E-state index contributed by atoms with van der Waals surface area (Å²) in [6, 6.07) is 0. The van der Waals surface area contributed by atoms with E-state index in [9.17, 15) is 4.79 Å². The third-order valence-corrected chi connectivity index (χ3v) is 3.40. The highest BCUT2D eigenvalue weighted by atomic mass is 16.2. The molecule has 0 bridgehead atoms. The molecule has 0 aliphatic carbocycles. The van der Waals surface area contributed by atoms with E-state index in [4.69, 9.17) is 6.42 Å². The molecule has 0 unspecified atom stereocenters. The molecule has 3 nitrogen and oxygen atoms in total. The standard InChI is InChI=1S/C16H26N2O/c1-7-14(12-13(2)3)15(19)17-8-10-18(11-9-17)16(4,5)6/h1,12-13H,8-11H2,2-6H3/b14-12+. The second kappa shape index (κ2) is 6.25. The van der Waals surface area contributed by atoms with Crippen molar-refractivity contribution in [2.45, 2.75) is 40.2 Å². The van der Waals surface area contributed by atoms with Crippen LogP contribution < -0.4 is 0 Å². The van der Waals surface area contributed by atoms with Crippen molar-refractivity contribution in [3.8, 4) is 12.3 Å². The van der Waals surface area contributed by atoms with E-state index in [1.54, 1.807) is 0 Å². The number of nitrogens with zero attached hydrogens (tertiary/aromatic N) is 2. The Morgan fingerprint density at radius 1 is 1.21 bits per heavy atom. The molecule has 0 atom stereocenters. The third-order valence-electron chi connectivity index (χ3n) is 3.40. The maximum Gasteiger partial charge on any atom is 0.262 e. The molecular weight excluding hydrogens is 236 g/mol. The van der Waals surface area contributed by atoms with Crippen LogP contribution in [0.1, 0.15) is 34.6 Å². The molecule has 1 saturated heterocycles. The van der Waals surface area contributed by atoms with Gasteiger partial charge in [-0.3, -0.25) is 9.69 Å². The fraction of sp³-hybridized carbons (Fsp3) is 0.688. The average molecular weight is 262 g/mol. The van der Waals surface area contributed by atoms with Gasteiger partial charge in [0.25, 0.3) is 5.91 Å². The van der Waals surface area contributed by atoms with E-state index in [1.807, 2.05) is 24.8 Å². The minimum absolute atomic E-state index is 0.00441. The fourth-order valence-corrected chi connectivity index (χ4v) is 2.27. The van der Waals surface area contributed by atoms with Crippen LogP contribution in [0.15, 0.2) is 11.6 Å². The minimum atomic E-state index is 0.00441. The Labute approximate surface area is 117 Å². The molecule has 1 rings (SSSR count). The first-order valence-electron chi connectivity index (χ1n) is 6.98. The second-order valence-electron chi connectivity index (χ2n) is 6.42. The van der Waals surface area contributed by atoms with Crippen molar-refractivity contribution in [2.24, 2.45) is 5.92 Å². The van der Waals surface area contributed by atoms with Gasteiger partial charge in [0.05, 0.1) is 5.57 Å². The molecule has 0 radical (unpaired) electrons. The lowest BCUT2D eigenvalue weighted by molar-refractivity contribution is -0.129. The summed E-state index contributed by atoms with van der Waals surface area (Å²) in [5, 5.41) is 0. The summed E-state index contributed by atoms with van der Waals surface area (Å²) in [7, 11) is 0. The number of hydrogen-bond donors (Lipinski definition) is 0. The molecule has 1 heterocycles. The third kappa shape index (κ3) is 4.40. The highest BCUT2D eigenvalue weighted by Gasteiger charge is 2.28. The summed E-state index contributed by atoms with van der Waals surface area (Å²) in [5.74, 6) is 2.83. The summed E-state index contributed by atoms with van der Waals surface area (Å²) >= 11 is 0. The molecule has 1 aliphatic heterocycles. The van der Waals surface area contributed by atoms with Gasteiger partial charge in [-0.2, -0.15) is 0 Å². The Kier molecular flexibility index (Phi) is 5.20. The van der Waals surface area contributed by atoms with E-state index in [0.717, 1.165) is 26.2 Å². The van der Waals surface area contributed by atoms with E-state index in [0.29, 0.717) is 11.5 Å². The number of amides is 1. The summed E-state index contributed by atoms with van der Waals surface area (Å²) < 4.78 is 0. The molecule has 1 amide bonds. The van der Waals surface area contributed by atoms with Gasteiger partial charge in [-0.1, -0.05) is 25.8 Å². The van der Waals surface area contributed by atoms with Gasteiger partial charge in [0.2, 0.25) is 0 Å². The predicted octanol–water partition coefficient (Wildman–Crippen LogP) is 2.14. The Bertz CT molecular complexity index is 388. The number of hydrogen-bond acceptors (Lipinski definition) is 2. The van der Waals surface area contributed by atoms with Crippen LogP contribution in [0.2, 0.25) is 0 Å². The van der Waals surface area contributed by atoms with E-state index in [2.05, 4.69) is 31.6 Å². The second-order valence-corrected chi connectivity index (χ2v) is 6.42. The maximum atomic E-state index is 12.3. The van der Waals surface area contributed by atoms with Crippen molar-refractivity contribution >= 4 is 5.91 Å². The quantitative estimate of drug-likeness (QED) is 0.562. The van der Waals surface area contributed by atoms with Crippen LogP contribution in [0, 0.1) is 18.3 Å². The minimum Gasteiger partial charge on any atom is -0.336 e. The monoisotopic (exact) mass is 262 g/mol. The molecule has 106 valence electrons. The van der Waals surface area contributed by atoms with Gasteiger partial charge >= 0.3 is 0 Å². The van der Waals surface area contributed by atoms with Gasteiger partial charge in [0, 0.05) is 31.7 Å². The van der Waals surface area contributed by atoms with Crippen LogP contribution >= 0.6 is 0 Å². The number of carbonyl (C=O) groups excluding carboxylic acids is 1. The van der Waals surface area contributed by atoms with Crippen molar-refractivity contribution in [3.05, 3.63) is 11.6 Å². The topological polar surface area (TPSA) is 23.6 Å². The number of terminal acetylenes is 1. The van der Waals surface area contributed by atoms with Gasteiger partial charge in [-0.15, -0.1) is 6.42 Å². The molecule has 0 saturated carbocycles. The van der Waals surface area contributed by atoms with Crippen molar-refractivity contribution in [1.82, 2.24) is 9.80 Å². The van der Waals surface area contributed by atoms with Crippen LogP contribution in [0.5, 0.6) is 0 Å². The summed E-state index contributed by atoms with van der Waals surface area (Å²) in [5.41, 5.74) is 0.664. The highest BCUT2D eigenvalue weighted by Crippen LogP contribution is 2.17. The van der Waals surface area contributed by atoms with Crippen molar-refractivity contribution in [3.63, 3.8) is 0 Å². The van der Waals surface area contributed by atoms with Gasteiger partial charge in [0.15, 0.2) is 0 Å². The van der Waals surface area contributed by atoms with E-state index >= 15 is 0 Å².